The minimum atomic E-state index is -4.25. The summed E-state index contributed by atoms with van der Waals surface area (Å²) in [6.07, 6.45) is 0.956. The van der Waals surface area contributed by atoms with Crippen LogP contribution in [-0.2, 0) is 4.74 Å². The first-order chi connectivity index (χ1) is 10.4. The van der Waals surface area contributed by atoms with E-state index in [1.54, 1.807) is 0 Å². The van der Waals surface area contributed by atoms with Crippen molar-refractivity contribution in [2.75, 3.05) is 26.3 Å². The van der Waals surface area contributed by atoms with E-state index in [2.05, 4.69) is 27.3 Å². The Morgan fingerprint density at radius 2 is 1.87 bits per heavy atom. The van der Waals surface area contributed by atoms with Crippen LogP contribution in [0, 0.1) is 5.92 Å². The number of ether oxygens (including phenoxy) is 1. The van der Waals surface area contributed by atoms with Gasteiger partial charge < -0.3 is 15.4 Å². The molecule has 1 rings (SSSR count). The zero-order valence-electron chi connectivity index (χ0n) is 13.9. The van der Waals surface area contributed by atoms with Crippen LogP contribution in [0.25, 0.3) is 0 Å². The van der Waals surface area contributed by atoms with Gasteiger partial charge in [-0.1, -0.05) is 6.92 Å². The van der Waals surface area contributed by atoms with Crippen molar-refractivity contribution in [2.45, 2.75) is 58.2 Å². The van der Waals surface area contributed by atoms with Crippen LogP contribution >= 0.6 is 24.0 Å². The molecule has 1 aliphatic rings. The Balaban J connectivity index is 0.00000484. The lowest BCUT2D eigenvalue weighted by molar-refractivity contribution is -0.173. The summed E-state index contributed by atoms with van der Waals surface area (Å²) in [7, 11) is 0. The van der Waals surface area contributed by atoms with E-state index in [0.29, 0.717) is 19.0 Å². The molecule has 0 bridgehead atoms. The van der Waals surface area contributed by atoms with Gasteiger partial charge in [-0.25, -0.2) is 0 Å². The van der Waals surface area contributed by atoms with Crippen LogP contribution in [0.15, 0.2) is 4.99 Å². The van der Waals surface area contributed by atoms with E-state index in [1.165, 1.54) is 12.8 Å². The van der Waals surface area contributed by atoms with E-state index >= 15 is 0 Å². The molecule has 0 unspecified atom stereocenters. The van der Waals surface area contributed by atoms with Crippen LogP contribution < -0.4 is 10.6 Å². The standard InChI is InChI=1S/C15H28F3N3O.HI/c1-3-19-14(21-13-7-5-12(2)6-8-13)20-9-4-10-22-11-15(16,17)18;/h12-13H,3-11H2,1-2H3,(H2,19,20,21);1H. The third-order valence-corrected chi connectivity index (χ3v) is 3.68. The van der Waals surface area contributed by atoms with Crippen LogP contribution in [0.5, 0.6) is 0 Å². The van der Waals surface area contributed by atoms with Gasteiger partial charge in [-0.15, -0.1) is 24.0 Å². The maximum absolute atomic E-state index is 11.9. The second-order valence-corrected chi connectivity index (χ2v) is 5.88. The molecular formula is C15H29F3IN3O. The molecule has 0 aliphatic heterocycles. The number of aliphatic imine (C=N–C) groups is 1. The maximum Gasteiger partial charge on any atom is 0.411 e. The van der Waals surface area contributed by atoms with E-state index in [1.807, 2.05) is 6.92 Å². The zero-order valence-corrected chi connectivity index (χ0v) is 16.2. The van der Waals surface area contributed by atoms with Gasteiger partial charge in [0.1, 0.15) is 6.61 Å². The first-order valence-electron chi connectivity index (χ1n) is 8.10. The number of hydrogen-bond acceptors (Lipinski definition) is 2. The fourth-order valence-electron chi connectivity index (χ4n) is 2.46. The van der Waals surface area contributed by atoms with Crippen molar-refractivity contribution >= 4 is 29.9 Å². The van der Waals surface area contributed by atoms with Gasteiger partial charge in [-0.3, -0.25) is 4.99 Å². The van der Waals surface area contributed by atoms with Gasteiger partial charge in [0.15, 0.2) is 5.96 Å². The quantitative estimate of drug-likeness (QED) is 0.269. The van der Waals surface area contributed by atoms with Crippen molar-refractivity contribution in [2.24, 2.45) is 10.9 Å². The third-order valence-electron chi connectivity index (χ3n) is 3.68. The molecule has 1 aliphatic carbocycles. The smallest absolute Gasteiger partial charge is 0.372 e. The molecule has 0 heterocycles. The summed E-state index contributed by atoms with van der Waals surface area (Å²) in [5.41, 5.74) is 0. The van der Waals surface area contributed by atoms with E-state index in [9.17, 15) is 13.2 Å². The lowest BCUT2D eigenvalue weighted by Crippen LogP contribution is -2.44. The molecule has 0 saturated heterocycles. The van der Waals surface area contributed by atoms with Crippen LogP contribution in [0.1, 0.15) is 46.0 Å². The number of hydrogen-bond donors (Lipinski definition) is 2. The molecule has 0 atom stereocenters. The Kier molecular flexibility index (Phi) is 12.0. The Labute approximate surface area is 154 Å². The minimum Gasteiger partial charge on any atom is -0.372 e. The summed E-state index contributed by atoms with van der Waals surface area (Å²) >= 11 is 0. The molecule has 0 aromatic carbocycles. The van der Waals surface area contributed by atoms with Crippen molar-refractivity contribution in [3.8, 4) is 0 Å². The largest absolute Gasteiger partial charge is 0.411 e. The van der Waals surface area contributed by atoms with Gasteiger partial charge >= 0.3 is 6.18 Å². The average Bonchev–Trinajstić information content (AvgIpc) is 2.44. The van der Waals surface area contributed by atoms with Crippen molar-refractivity contribution in [3.63, 3.8) is 0 Å². The molecule has 138 valence electrons. The Morgan fingerprint density at radius 3 is 2.43 bits per heavy atom. The highest BCUT2D eigenvalue weighted by Crippen LogP contribution is 2.23. The highest BCUT2D eigenvalue weighted by atomic mass is 127. The molecule has 0 amide bonds. The number of rotatable bonds is 7. The average molecular weight is 451 g/mol. The summed E-state index contributed by atoms with van der Waals surface area (Å²) in [5, 5.41) is 6.59. The van der Waals surface area contributed by atoms with Crippen molar-refractivity contribution in [1.82, 2.24) is 10.6 Å². The Bertz CT molecular complexity index is 332. The Morgan fingerprint density at radius 1 is 1.22 bits per heavy atom. The zero-order chi connectivity index (χ0) is 16.4. The highest BCUT2D eigenvalue weighted by Gasteiger charge is 2.27. The molecule has 2 N–H and O–H groups in total. The van der Waals surface area contributed by atoms with Gasteiger partial charge in [0.2, 0.25) is 0 Å². The number of nitrogens with zero attached hydrogens (tertiary/aromatic N) is 1. The van der Waals surface area contributed by atoms with Gasteiger partial charge in [0.05, 0.1) is 0 Å². The predicted molar refractivity (Wildman–Crippen MR) is 97.4 cm³/mol. The van der Waals surface area contributed by atoms with Crippen LogP contribution in [-0.4, -0.2) is 44.5 Å². The molecule has 8 heteroatoms. The summed E-state index contributed by atoms with van der Waals surface area (Å²) in [4.78, 5) is 4.39. The summed E-state index contributed by atoms with van der Waals surface area (Å²) in [5.74, 6) is 1.54. The van der Waals surface area contributed by atoms with Gasteiger partial charge in [-0.05, 0) is 44.9 Å². The number of halogens is 4. The molecule has 0 aromatic heterocycles. The first kappa shape index (κ1) is 22.8. The number of guanidine groups is 1. The van der Waals surface area contributed by atoms with E-state index in [0.717, 1.165) is 31.3 Å². The molecule has 0 aromatic rings. The maximum atomic E-state index is 11.9. The topological polar surface area (TPSA) is 45.7 Å². The third kappa shape index (κ3) is 11.9. The van der Waals surface area contributed by atoms with E-state index < -0.39 is 12.8 Å². The molecular weight excluding hydrogens is 422 g/mol. The lowest BCUT2D eigenvalue weighted by atomic mass is 9.87. The van der Waals surface area contributed by atoms with Gasteiger partial charge in [-0.2, -0.15) is 13.2 Å². The van der Waals surface area contributed by atoms with Crippen LogP contribution in [0.3, 0.4) is 0 Å². The summed E-state index contributed by atoms with van der Waals surface area (Å²) < 4.78 is 40.3. The second kappa shape index (κ2) is 12.2. The lowest BCUT2D eigenvalue weighted by Gasteiger charge is -2.28. The van der Waals surface area contributed by atoms with Crippen LogP contribution in [0.4, 0.5) is 13.2 Å². The molecule has 1 saturated carbocycles. The monoisotopic (exact) mass is 451 g/mol. The fraction of sp³-hybridized carbons (Fsp3) is 0.933. The molecule has 23 heavy (non-hydrogen) atoms. The Hall–Kier alpha value is -0.250. The first-order valence-corrected chi connectivity index (χ1v) is 8.10. The molecule has 0 radical (unpaired) electrons. The van der Waals surface area contributed by atoms with E-state index in [4.69, 9.17) is 0 Å². The summed E-state index contributed by atoms with van der Waals surface area (Å²) in [6.45, 7) is 4.37. The highest BCUT2D eigenvalue weighted by molar-refractivity contribution is 14.0. The minimum absolute atomic E-state index is 0. The predicted octanol–water partition coefficient (Wildman–Crippen LogP) is 3.71. The molecule has 0 spiro atoms. The number of nitrogens with one attached hydrogen (secondary N) is 2. The van der Waals surface area contributed by atoms with E-state index in [-0.39, 0.29) is 30.6 Å². The fourth-order valence-corrected chi connectivity index (χ4v) is 2.46. The molecule has 4 nitrogen and oxygen atoms in total. The van der Waals surface area contributed by atoms with Crippen molar-refractivity contribution in [1.29, 1.82) is 0 Å². The number of alkyl halides is 3. The van der Waals surface area contributed by atoms with Gasteiger partial charge in [0, 0.05) is 25.7 Å². The van der Waals surface area contributed by atoms with Crippen LogP contribution in [0.2, 0.25) is 0 Å². The summed E-state index contributed by atoms with van der Waals surface area (Å²) in [6, 6.07) is 0.440. The second-order valence-electron chi connectivity index (χ2n) is 5.88. The van der Waals surface area contributed by atoms with Crippen molar-refractivity contribution < 1.29 is 17.9 Å². The normalized spacial score (nSPS) is 22.4. The molecule has 1 fully saturated rings. The SMILES string of the molecule is CCNC(=NCCCOCC(F)(F)F)NC1CCC(C)CC1.I. The van der Waals surface area contributed by atoms with Crippen molar-refractivity contribution in [3.05, 3.63) is 0 Å². The van der Waals surface area contributed by atoms with Gasteiger partial charge in [0.25, 0.3) is 0 Å².